The van der Waals surface area contributed by atoms with Crippen LogP contribution in [0.5, 0.6) is 5.88 Å². The Kier molecular flexibility index (Phi) is 2.91. The maximum Gasteiger partial charge on any atom is 0.213 e. The van der Waals surface area contributed by atoms with Gasteiger partial charge in [-0.05, 0) is 38.8 Å². The fraction of sp³-hybridized carbons (Fsp3) is 0.583. The molecule has 1 heterocycles. The molecule has 82 valence electrons. The van der Waals surface area contributed by atoms with E-state index in [4.69, 9.17) is 10.5 Å². The third kappa shape index (κ3) is 2.48. The van der Waals surface area contributed by atoms with E-state index in [9.17, 15) is 0 Å². The number of pyridine rings is 1. The predicted molar refractivity (Wildman–Crippen MR) is 59.9 cm³/mol. The molecule has 0 saturated heterocycles. The first-order valence-electron chi connectivity index (χ1n) is 5.54. The maximum atomic E-state index is 5.62. The molecular formula is C12H18N2O. The number of ether oxygens (including phenoxy) is 1. The molecule has 1 aliphatic rings. The molecular weight excluding hydrogens is 188 g/mol. The molecule has 1 aromatic rings. The van der Waals surface area contributed by atoms with Crippen molar-refractivity contribution in [3.8, 4) is 5.88 Å². The van der Waals surface area contributed by atoms with Crippen molar-refractivity contribution in [1.29, 1.82) is 0 Å². The van der Waals surface area contributed by atoms with Crippen LogP contribution in [0.2, 0.25) is 0 Å². The minimum absolute atomic E-state index is 0.178. The van der Waals surface area contributed by atoms with Gasteiger partial charge >= 0.3 is 0 Å². The van der Waals surface area contributed by atoms with Gasteiger partial charge in [0.25, 0.3) is 0 Å². The Bertz CT molecular complexity index is 338. The first kappa shape index (κ1) is 10.4. The molecule has 0 bridgehead atoms. The van der Waals surface area contributed by atoms with Crippen LogP contribution in [0.1, 0.15) is 31.9 Å². The molecule has 0 aliphatic heterocycles. The lowest BCUT2D eigenvalue weighted by atomic mass is 10.2. The maximum absolute atomic E-state index is 5.62. The minimum atomic E-state index is 0.178. The van der Waals surface area contributed by atoms with E-state index in [1.54, 1.807) is 0 Å². The van der Waals surface area contributed by atoms with E-state index in [1.165, 1.54) is 6.42 Å². The second kappa shape index (κ2) is 4.19. The van der Waals surface area contributed by atoms with Crippen molar-refractivity contribution < 1.29 is 4.74 Å². The zero-order valence-corrected chi connectivity index (χ0v) is 9.31. The van der Waals surface area contributed by atoms with Gasteiger partial charge < -0.3 is 10.5 Å². The molecule has 1 saturated carbocycles. The summed E-state index contributed by atoms with van der Waals surface area (Å²) in [4.78, 5) is 4.50. The Hall–Kier alpha value is -1.09. The molecule has 1 aromatic heterocycles. The lowest BCUT2D eigenvalue weighted by molar-refractivity contribution is 0.232. The highest BCUT2D eigenvalue weighted by atomic mass is 16.5. The summed E-state index contributed by atoms with van der Waals surface area (Å²) in [6.45, 7) is 4.78. The van der Waals surface area contributed by atoms with Crippen molar-refractivity contribution in [1.82, 2.24) is 4.98 Å². The molecule has 0 radical (unpaired) electrons. The van der Waals surface area contributed by atoms with Crippen LogP contribution in [0, 0.1) is 5.92 Å². The molecule has 3 heteroatoms. The number of hydrogen-bond donors (Lipinski definition) is 1. The Morgan fingerprint density at radius 2 is 2.33 bits per heavy atom. The highest BCUT2D eigenvalue weighted by Gasteiger charge is 2.38. The van der Waals surface area contributed by atoms with Crippen molar-refractivity contribution >= 4 is 0 Å². The van der Waals surface area contributed by atoms with Gasteiger partial charge in [-0.2, -0.15) is 0 Å². The van der Waals surface area contributed by atoms with Crippen LogP contribution in [0.25, 0.3) is 0 Å². The Labute approximate surface area is 90.7 Å². The van der Waals surface area contributed by atoms with Crippen molar-refractivity contribution in [3.63, 3.8) is 0 Å². The second-order valence-electron chi connectivity index (χ2n) is 4.41. The van der Waals surface area contributed by atoms with Crippen LogP contribution in [0.15, 0.2) is 18.2 Å². The molecule has 2 rings (SSSR count). The summed E-state index contributed by atoms with van der Waals surface area (Å²) in [5, 5.41) is 0. The molecule has 1 aliphatic carbocycles. The van der Waals surface area contributed by atoms with E-state index in [1.807, 2.05) is 26.0 Å². The van der Waals surface area contributed by atoms with Crippen LogP contribution in [0.4, 0.5) is 0 Å². The van der Waals surface area contributed by atoms with Gasteiger partial charge in [-0.15, -0.1) is 0 Å². The standard InChI is InChI=1S/C12H18N2O/c1-8(2)15-12-5-3-4-11(14-12)10-6-9(10)7-13/h3-5,8-10H,6-7,13H2,1-2H3/t9-,10+/m0/s1. The summed E-state index contributed by atoms with van der Waals surface area (Å²) in [5.41, 5.74) is 6.75. The van der Waals surface area contributed by atoms with E-state index in [2.05, 4.69) is 11.1 Å². The lowest BCUT2D eigenvalue weighted by Crippen LogP contribution is -2.08. The number of hydrogen-bond acceptors (Lipinski definition) is 3. The Morgan fingerprint density at radius 3 is 2.93 bits per heavy atom. The molecule has 15 heavy (non-hydrogen) atoms. The van der Waals surface area contributed by atoms with Crippen LogP contribution in [0.3, 0.4) is 0 Å². The molecule has 2 N–H and O–H groups in total. The number of nitrogens with two attached hydrogens (primary N) is 1. The third-order valence-electron chi connectivity index (χ3n) is 2.71. The van der Waals surface area contributed by atoms with Crippen molar-refractivity contribution in [3.05, 3.63) is 23.9 Å². The molecule has 2 atom stereocenters. The Morgan fingerprint density at radius 1 is 1.53 bits per heavy atom. The van der Waals surface area contributed by atoms with Crippen LogP contribution in [-0.2, 0) is 0 Å². The molecule has 0 aromatic carbocycles. The first-order valence-corrected chi connectivity index (χ1v) is 5.54. The summed E-state index contributed by atoms with van der Waals surface area (Å²) < 4.78 is 5.56. The van der Waals surface area contributed by atoms with Gasteiger partial charge in [0.05, 0.1) is 6.10 Å². The SMILES string of the molecule is CC(C)Oc1cccc([C@@H]2C[C@H]2CN)n1. The summed E-state index contributed by atoms with van der Waals surface area (Å²) in [6.07, 6.45) is 1.35. The molecule has 0 spiro atoms. The quantitative estimate of drug-likeness (QED) is 0.819. The summed E-state index contributed by atoms with van der Waals surface area (Å²) in [6, 6.07) is 5.97. The summed E-state index contributed by atoms with van der Waals surface area (Å²) >= 11 is 0. The Balaban J connectivity index is 2.06. The largest absolute Gasteiger partial charge is 0.475 e. The second-order valence-corrected chi connectivity index (χ2v) is 4.41. The van der Waals surface area contributed by atoms with Gasteiger partial charge in [-0.25, -0.2) is 4.98 Å². The van der Waals surface area contributed by atoms with E-state index >= 15 is 0 Å². The minimum Gasteiger partial charge on any atom is -0.475 e. The fourth-order valence-electron chi connectivity index (χ4n) is 1.81. The smallest absolute Gasteiger partial charge is 0.213 e. The fourth-order valence-corrected chi connectivity index (χ4v) is 1.81. The normalized spacial score (nSPS) is 24.3. The average molecular weight is 206 g/mol. The van der Waals surface area contributed by atoms with Crippen LogP contribution < -0.4 is 10.5 Å². The van der Waals surface area contributed by atoms with Gasteiger partial charge in [0.15, 0.2) is 0 Å². The number of rotatable bonds is 4. The van der Waals surface area contributed by atoms with E-state index in [-0.39, 0.29) is 6.10 Å². The van der Waals surface area contributed by atoms with Gasteiger partial charge in [-0.3, -0.25) is 0 Å². The lowest BCUT2D eigenvalue weighted by Gasteiger charge is -2.09. The number of aromatic nitrogens is 1. The molecule has 3 nitrogen and oxygen atoms in total. The topological polar surface area (TPSA) is 48.1 Å². The van der Waals surface area contributed by atoms with Crippen LogP contribution >= 0.6 is 0 Å². The highest BCUT2D eigenvalue weighted by molar-refractivity contribution is 5.23. The monoisotopic (exact) mass is 206 g/mol. The van der Waals surface area contributed by atoms with E-state index < -0.39 is 0 Å². The van der Waals surface area contributed by atoms with Gasteiger partial charge in [-0.1, -0.05) is 6.07 Å². The predicted octanol–water partition coefficient (Wildman–Crippen LogP) is 1.93. The first-order chi connectivity index (χ1) is 7.20. The van der Waals surface area contributed by atoms with Gasteiger partial charge in [0.2, 0.25) is 5.88 Å². The molecule has 0 unspecified atom stereocenters. The van der Waals surface area contributed by atoms with Crippen molar-refractivity contribution in [2.24, 2.45) is 11.7 Å². The van der Waals surface area contributed by atoms with Gasteiger partial charge in [0.1, 0.15) is 0 Å². The zero-order chi connectivity index (χ0) is 10.8. The zero-order valence-electron chi connectivity index (χ0n) is 9.31. The summed E-state index contributed by atoms with van der Waals surface area (Å²) in [7, 11) is 0. The highest BCUT2D eigenvalue weighted by Crippen LogP contribution is 2.46. The van der Waals surface area contributed by atoms with Crippen LogP contribution in [-0.4, -0.2) is 17.6 Å². The molecule has 0 amide bonds. The van der Waals surface area contributed by atoms with E-state index in [0.717, 1.165) is 18.1 Å². The number of nitrogens with zero attached hydrogens (tertiary/aromatic N) is 1. The van der Waals surface area contributed by atoms with E-state index in [0.29, 0.717) is 11.8 Å². The van der Waals surface area contributed by atoms with Crippen molar-refractivity contribution in [2.75, 3.05) is 6.54 Å². The van der Waals surface area contributed by atoms with Gasteiger partial charge in [0, 0.05) is 17.7 Å². The molecule has 1 fully saturated rings. The summed E-state index contributed by atoms with van der Waals surface area (Å²) in [5.74, 6) is 1.92. The third-order valence-corrected chi connectivity index (χ3v) is 2.71. The average Bonchev–Trinajstić information content (AvgIpc) is 2.96. The van der Waals surface area contributed by atoms with Crippen molar-refractivity contribution in [2.45, 2.75) is 32.3 Å².